The molecule has 1 aromatic heterocycles. The molecule has 2 heterocycles. The van der Waals surface area contributed by atoms with Crippen LogP contribution in [0.2, 0.25) is 0 Å². The molecule has 0 saturated carbocycles. The van der Waals surface area contributed by atoms with Gasteiger partial charge in [0.05, 0.1) is 18.8 Å². The van der Waals surface area contributed by atoms with Crippen LogP contribution in [0.15, 0.2) is 17.2 Å². The van der Waals surface area contributed by atoms with Crippen LogP contribution in [0.25, 0.3) is 0 Å². The molecule has 1 unspecified atom stereocenters. The van der Waals surface area contributed by atoms with E-state index in [0.717, 1.165) is 44.2 Å². The van der Waals surface area contributed by atoms with Crippen LogP contribution in [-0.4, -0.2) is 51.7 Å². The lowest BCUT2D eigenvalue weighted by Crippen LogP contribution is -2.41. The fourth-order valence-corrected chi connectivity index (χ4v) is 5.89. The van der Waals surface area contributed by atoms with Crippen molar-refractivity contribution in [1.29, 1.82) is 4.78 Å². The van der Waals surface area contributed by atoms with Gasteiger partial charge in [-0.3, -0.25) is 0 Å². The van der Waals surface area contributed by atoms with Crippen LogP contribution >= 0.6 is 0 Å². The zero-order valence-corrected chi connectivity index (χ0v) is 18.7. The van der Waals surface area contributed by atoms with Crippen LogP contribution in [0.4, 0.5) is 10.5 Å². The maximum Gasteiger partial charge on any atom is 0.331 e. The van der Waals surface area contributed by atoms with Crippen molar-refractivity contribution in [2.75, 3.05) is 26.0 Å². The van der Waals surface area contributed by atoms with Crippen molar-refractivity contribution < 1.29 is 13.7 Å². The van der Waals surface area contributed by atoms with E-state index in [9.17, 15) is 9.00 Å². The van der Waals surface area contributed by atoms with Gasteiger partial charge in [-0.1, -0.05) is 6.07 Å². The van der Waals surface area contributed by atoms with Crippen LogP contribution in [0, 0.1) is 4.78 Å². The monoisotopic (exact) mass is 444 g/mol. The highest BCUT2D eigenvalue weighted by atomic mass is 32.2. The number of aryl methyl sites for hydroxylation is 2. The fraction of sp³-hybridized carbons (Fsp3) is 0.524. The lowest BCUT2D eigenvalue weighted by Gasteiger charge is -2.29. The number of nitrogens with one attached hydrogen (secondary N) is 3. The molecule has 0 saturated heterocycles. The molecule has 3 aliphatic rings. The van der Waals surface area contributed by atoms with Gasteiger partial charge in [-0.15, -0.1) is 0 Å². The number of carbonyl (C=O) groups is 1. The molecule has 0 bridgehead atoms. The second-order valence-corrected chi connectivity index (χ2v) is 10.5. The first-order valence-corrected chi connectivity index (χ1v) is 12.3. The van der Waals surface area contributed by atoms with Crippen LogP contribution in [0.5, 0.6) is 5.88 Å². The summed E-state index contributed by atoms with van der Waals surface area (Å²) in [6.07, 6.45) is 7.46. The van der Waals surface area contributed by atoms with E-state index in [0.29, 0.717) is 19.0 Å². The molecule has 9 nitrogen and oxygen atoms in total. The Balaban J connectivity index is 1.37. The molecule has 10 heteroatoms. The summed E-state index contributed by atoms with van der Waals surface area (Å²) in [7, 11) is 0.289. The number of aromatic nitrogens is 2. The van der Waals surface area contributed by atoms with Crippen LogP contribution in [0.1, 0.15) is 35.1 Å². The first-order chi connectivity index (χ1) is 14.8. The molecular formula is C21H28N6O3S. The van der Waals surface area contributed by atoms with Crippen LogP contribution < -0.4 is 14.8 Å². The summed E-state index contributed by atoms with van der Waals surface area (Å²) in [6.45, 7) is 0.988. The van der Waals surface area contributed by atoms with Crippen molar-refractivity contribution in [2.24, 2.45) is 0 Å². The molecule has 31 heavy (non-hydrogen) atoms. The molecule has 166 valence electrons. The van der Waals surface area contributed by atoms with E-state index in [1.165, 1.54) is 28.5 Å². The van der Waals surface area contributed by atoms with Gasteiger partial charge in [-0.25, -0.2) is 23.2 Å². The third-order valence-electron chi connectivity index (χ3n) is 6.54. The Bertz CT molecular complexity index is 1120. The van der Waals surface area contributed by atoms with E-state index in [1.54, 1.807) is 4.68 Å². The van der Waals surface area contributed by atoms with Gasteiger partial charge in [0.15, 0.2) is 9.92 Å². The van der Waals surface area contributed by atoms with Crippen molar-refractivity contribution in [3.63, 3.8) is 0 Å². The highest BCUT2D eigenvalue weighted by Gasteiger charge is 2.30. The van der Waals surface area contributed by atoms with E-state index in [-0.39, 0.29) is 10.9 Å². The number of benzene rings is 1. The Kier molecular flexibility index (Phi) is 4.93. The number of likely N-dealkylation sites (N-methyl/N-ethyl adjacent to an activating group) is 1. The van der Waals surface area contributed by atoms with Crippen molar-refractivity contribution in [3.8, 4) is 5.88 Å². The quantitative estimate of drug-likeness (QED) is 0.670. The number of anilines is 1. The van der Waals surface area contributed by atoms with Gasteiger partial charge in [0, 0.05) is 5.69 Å². The standard InChI is InChI=1S/C21H28N6O3S/c1-26(2)15-11-27-20(30-12-15)18(10-23-27)31(22,29)25-21(28)24-19-16-7-3-5-13(16)9-14-6-4-8-17(14)19/h9-10,15H,3-8,11-12H2,1-2H3,(H3,22,24,25,28,29)/t15-,31?/m0/s1. The van der Waals surface area contributed by atoms with Crippen LogP contribution in [-0.2, 0) is 42.1 Å². The molecule has 0 fully saturated rings. The summed E-state index contributed by atoms with van der Waals surface area (Å²) in [4.78, 5) is 15.0. The second kappa shape index (κ2) is 7.52. The van der Waals surface area contributed by atoms with E-state index >= 15 is 0 Å². The van der Waals surface area contributed by atoms with Gasteiger partial charge >= 0.3 is 6.03 Å². The summed E-state index contributed by atoms with van der Waals surface area (Å²) in [6, 6.07) is 1.80. The highest BCUT2D eigenvalue weighted by molar-refractivity contribution is 7.91. The maximum atomic E-state index is 13.2. The Hall–Kier alpha value is -2.59. The minimum atomic E-state index is -3.63. The van der Waals surface area contributed by atoms with Gasteiger partial charge in [-0.2, -0.15) is 5.10 Å². The number of ether oxygens (including phenoxy) is 1. The Morgan fingerprint density at radius 2 is 1.90 bits per heavy atom. The molecule has 2 amide bonds. The van der Waals surface area contributed by atoms with E-state index < -0.39 is 15.9 Å². The summed E-state index contributed by atoms with van der Waals surface area (Å²) >= 11 is 0. The lowest BCUT2D eigenvalue weighted by molar-refractivity contribution is 0.117. The number of fused-ring (bicyclic) bond motifs is 3. The number of nitrogens with zero attached hydrogens (tertiary/aromatic N) is 3. The number of carbonyl (C=O) groups excluding carboxylic acids is 1. The highest BCUT2D eigenvalue weighted by Crippen LogP contribution is 2.38. The van der Waals surface area contributed by atoms with Gasteiger partial charge in [-0.05, 0) is 74.9 Å². The van der Waals surface area contributed by atoms with E-state index in [4.69, 9.17) is 9.52 Å². The van der Waals surface area contributed by atoms with Gasteiger partial charge in [0.1, 0.15) is 11.5 Å². The van der Waals surface area contributed by atoms with Gasteiger partial charge in [0.25, 0.3) is 0 Å². The van der Waals surface area contributed by atoms with Crippen LogP contribution in [0.3, 0.4) is 0 Å². The molecule has 5 rings (SSSR count). The van der Waals surface area contributed by atoms with Gasteiger partial charge in [0.2, 0.25) is 5.88 Å². The predicted octanol–water partition coefficient (Wildman–Crippen LogP) is 2.33. The third kappa shape index (κ3) is 3.57. The average Bonchev–Trinajstić information content (AvgIpc) is 3.45. The molecule has 0 radical (unpaired) electrons. The minimum absolute atomic E-state index is 0.100. The first kappa shape index (κ1) is 20.3. The topological polar surface area (TPSA) is 112 Å². The first-order valence-electron chi connectivity index (χ1n) is 10.7. The molecule has 2 aromatic rings. The summed E-state index contributed by atoms with van der Waals surface area (Å²) in [5, 5.41) is 7.17. The second-order valence-electron chi connectivity index (χ2n) is 8.77. The SMILES string of the molecule is CN(C)[C@@H]1COc2c(S(=N)(=O)NC(=O)Nc3c4c(cc5c3CCC5)CCC4)cnn2C1. The minimum Gasteiger partial charge on any atom is -0.475 e. The molecule has 1 aromatic carbocycles. The van der Waals surface area contributed by atoms with Crippen molar-refractivity contribution >= 4 is 21.6 Å². The fourth-order valence-electron chi connectivity index (χ4n) is 4.86. The Morgan fingerprint density at radius 3 is 2.55 bits per heavy atom. The number of urea groups is 1. The Morgan fingerprint density at radius 1 is 1.23 bits per heavy atom. The normalized spacial score (nSPS) is 21.1. The average molecular weight is 445 g/mol. The van der Waals surface area contributed by atoms with Crippen molar-refractivity contribution in [3.05, 3.63) is 34.5 Å². The molecule has 1 aliphatic heterocycles. The third-order valence-corrected chi connectivity index (χ3v) is 7.92. The predicted molar refractivity (Wildman–Crippen MR) is 117 cm³/mol. The maximum absolute atomic E-state index is 13.2. The molecule has 2 aliphatic carbocycles. The van der Waals surface area contributed by atoms with E-state index in [2.05, 4.69) is 21.2 Å². The smallest absolute Gasteiger partial charge is 0.331 e. The van der Waals surface area contributed by atoms with E-state index in [1.807, 2.05) is 19.0 Å². The molecule has 0 spiro atoms. The molecular weight excluding hydrogens is 416 g/mol. The zero-order chi connectivity index (χ0) is 21.8. The largest absolute Gasteiger partial charge is 0.475 e. The lowest BCUT2D eigenvalue weighted by atomic mass is 9.99. The molecule has 2 atom stereocenters. The summed E-state index contributed by atoms with van der Waals surface area (Å²) < 4.78 is 31.3. The number of hydrogen-bond donors (Lipinski definition) is 3. The van der Waals surface area contributed by atoms with Crippen molar-refractivity contribution in [1.82, 2.24) is 19.4 Å². The summed E-state index contributed by atoms with van der Waals surface area (Å²) in [5.41, 5.74) is 5.84. The Labute approximate surface area is 182 Å². The number of hydrogen-bond acceptors (Lipinski definition) is 6. The summed E-state index contributed by atoms with van der Waals surface area (Å²) in [5.74, 6) is 0.292. The van der Waals surface area contributed by atoms with Gasteiger partial charge < -0.3 is 15.0 Å². The van der Waals surface area contributed by atoms with Crippen molar-refractivity contribution in [2.45, 2.75) is 56.0 Å². The molecule has 3 N–H and O–H groups in total. The zero-order valence-electron chi connectivity index (χ0n) is 17.9. The number of amides is 2. The number of rotatable bonds is 4.